The molecule has 0 aromatic heterocycles. The summed E-state index contributed by atoms with van der Waals surface area (Å²) in [5, 5.41) is 2.43. The highest BCUT2D eigenvalue weighted by atomic mass is 19.1. The number of anilines is 1. The highest BCUT2D eigenvalue weighted by molar-refractivity contribution is 5.98. The number of methoxy groups -OCH3 is 2. The van der Waals surface area contributed by atoms with Crippen LogP contribution in [0.1, 0.15) is 5.56 Å². The van der Waals surface area contributed by atoms with Crippen molar-refractivity contribution >= 4 is 17.5 Å². The standard InChI is InChI=1S/C20H20F2N2O5/c1-27-17-4-3-12(5-18(17)28-2)9-24-16(10-29-11-19(24)25)20(26)23-15-7-13(21)6-14(22)8-15/h3-8,16H,9-11H2,1-2H3,(H,23,26)/t16-/m0/s1. The van der Waals surface area contributed by atoms with Crippen LogP contribution in [-0.2, 0) is 20.9 Å². The van der Waals surface area contributed by atoms with E-state index >= 15 is 0 Å². The number of nitrogens with one attached hydrogen (secondary N) is 1. The van der Waals surface area contributed by atoms with E-state index < -0.39 is 23.6 Å². The van der Waals surface area contributed by atoms with Gasteiger partial charge in [0.25, 0.3) is 0 Å². The quantitative estimate of drug-likeness (QED) is 0.797. The van der Waals surface area contributed by atoms with Gasteiger partial charge in [0, 0.05) is 18.3 Å². The van der Waals surface area contributed by atoms with Gasteiger partial charge in [0.2, 0.25) is 11.8 Å². The summed E-state index contributed by atoms with van der Waals surface area (Å²) in [6, 6.07) is 6.88. The molecular formula is C20H20F2N2O5. The minimum Gasteiger partial charge on any atom is -0.493 e. The molecule has 0 aliphatic carbocycles. The minimum atomic E-state index is -0.962. The molecule has 1 saturated heterocycles. The molecule has 154 valence electrons. The van der Waals surface area contributed by atoms with Crippen molar-refractivity contribution < 1.29 is 32.6 Å². The van der Waals surface area contributed by atoms with Gasteiger partial charge in [0.15, 0.2) is 11.5 Å². The number of hydrogen-bond donors (Lipinski definition) is 1. The van der Waals surface area contributed by atoms with Gasteiger partial charge in [-0.25, -0.2) is 8.78 Å². The maximum atomic E-state index is 13.4. The first kappa shape index (κ1) is 20.5. The molecule has 2 aromatic rings. The molecule has 2 aromatic carbocycles. The number of benzene rings is 2. The Balaban J connectivity index is 1.80. The maximum absolute atomic E-state index is 13.4. The molecule has 1 aliphatic rings. The van der Waals surface area contributed by atoms with Crippen LogP contribution >= 0.6 is 0 Å². The predicted molar refractivity (Wildman–Crippen MR) is 99.7 cm³/mol. The second-order valence-corrected chi connectivity index (χ2v) is 6.39. The van der Waals surface area contributed by atoms with E-state index in [2.05, 4.69) is 5.32 Å². The highest BCUT2D eigenvalue weighted by Crippen LogP contribution is 2.28. The van der Waals surface area contributed by atoms with E-state index in [-0.39, 0.29) is 31.4 Å². The number of rotatable bonds is 6. The van der Waals surface area contributed by atoms with Crippen LogP contribution in [0.2, 0.25) is 0 Å². The Morgan fingerprint density at radius 1 is 1.14 bits per heavy atom. The zero-order valence-corrected chi connectivity index (χ0v) is 15.9. The first-order valence-electron chi connectivity index (χ1n) is 8.76. The normalized spacial score (nSPS) is 16.5. The van der Waals surface area contributed by atoms with Gasteiger partial charge in [0.1, 0.15) is 24.3 Å². The van der Waals surface area contributed by atoms with E-state index in [0.717, 1.165) is 12.1 Å². The summed E-state index contributed by atoms with van der Waals surface area (Å²) in [6.45, 7) is -0.0769. The first-order valence-corrected chi connectivity index (χ1v) is 8.76. The van der Waals surface area contributed by atoms with Crippen molar-refractivity contribution in [2.75, 3.05) is 32.8 Å². The summed E-state index contributed by atoms with van der Waals surface area (Å²) in [5.41, 5.74) is 0.670. The fourth-order valence-corrected chi connectivity index (χ4v) is 3.05. The SMILES string of the molecule is COc1ccc(CN2C(=O)COC[C@H]2C(=O)Nc2cc(F)cc(F)c2)cc1OC. The number of carbonyl (C=O) groups is 2. The first-order chi connectivity index (χ1) is 13.9. The molecule has 0 unspecified atom stereocenters. The lowest BCUT2D eigenvalue weighted by Gasteiger charge is -2.34. The Kier molecular flexibility index (Phi) is 6.28. The molecule has 1 N–H and O–H groups in total. The fraction of sp³-hybridized carbons (Fsp3) is 0.300. The lowest BCUT2D eigenvalue weighted by Crippen LogP contribution is -2.54. The van der Waals surface area contributed by atoms with Crippen molar-refractivity contribution in [3.63, 3.8) is 0 Å². The molecule has 0 radical (unpaired) electrons. The Bertz CT molecular complexity index is 901. The van der Waals surface area contributed by atoms with Gasteiger partial charge in [-0.15, -0.1) is 0 Å². The summed E-state index contributed by atoms with van der Waals surface area (Å²) >= 11 is 0. The van der Waals surface area contributed by atoms with Crippen molar-refractivity contribution in [1.29, 1.82) is 0 Å². The van der Waals surface area contributed by atoms with E-state index in [4.69, 9.17) is 14.2 Å². The average molecular weight is 406 g/mol. The predicted octanol–water partition coefficient (Wildman–Crippen LogP) is 2.35. The Labute approximate surface area is 166 Å². The lowest BCUT2D eigenvalue weighted by atomic mass is 10.1. The number of carbonyl (C=O) groups excluding carboxylic acids is 2. The lowest BCUT2D eigenvalue weighted by molar-refractivity contribution is -0.154. The number of morpholine rings is 1. The van der Waals surface area contributed by atoms with Crippen molar-refractivity contribution in [3.8, 4) is 11.5 Å². The summed E-state index contributed by atoms with van der Waals surface area (Å²) in [4.78, 5) is 26.4. The number of ether oxygens (including phenoxy) is 3. The molecule has 1 heterocycles. The van der Waals surface area contributed by atoms with Gasteiger partial charge in [-0.1, -0.05) is 6.07 Å². The maximum Gasteiger partial charge on any atom is 0.249 e. The Morgan fingerprint density at radius 2 is 1.83 bits per heavy atom. The zero-order valence-electron chi connectivity index (χ0n) is 15.9. The number of amides is 2. The van der Waals surface area contributed by atoms with E-state index in [1.165, 1.54) is 19.1 Å². The van der Waals surface area contributed by atoms with Gasteiger partial charge >= 0.3 is 0 Å². The van der Waals surface area contributed by atoms with Crippen LogP contribution in [0.4, 0.5) is 14.5 Å². The molecule has 2 amide bonds. The molecular weight excluding hydrogens is 386 g/mol. The van der Waals surface area contributed by atoms with Gasteiger partial charge < -0.3 is 24.4 Å². The molecule has 7 nitrogen and oxygen atoms in total. The van der Waals surface area contributed by atoms with Crippen molar-refractivity contribution in [2.24, 2.45) is 0 Å². The Hall–Kier alpha value is -3.20. The molecule has 9 heteroatoms. The number of hydrogen-bond acceptors (Lipinski definition) is 5. The van der Waals surface area contributed by atoms with E-state index in [9.17, 15) is 18.4 Å². The molecule has 0 spiro atoms. The van der Waals surface area contributed by atoms with Gasteiger partial charge in [-0.2, -0.15) is 0 Å². The minimum absolute atomic E-state index is 0.0390. The van der Waals surface area contributed by atoms with Crippen molar-refractivity contribution in [3.05, 3.63) is 53.6 Å². The molecule has 3 rings (SSSR count). The molecule has 1 atom stereocenters. The number of nitrogens with zero attached hydrogens (tertiary/aromatic N) is 1. The summed E-state index contributed by atoms with van der Waals surface area (Å²) in [5.74, 6) is -1.61. The summed E-state index contributed by atoms with van der Waals surface area (Å²) in [6.07, 6.45) is 0. The van der Waals surface area contributed by atoms with Crippen LogP contribution in [0.5, 0.6) is 11.5 Å². The second-order valence-electron chi connectivity index (χ2n) is 6.39. The molecule has 0 bridgehead atoms. The summed E-state index contributed by atoms with van der Waals surface area (Å²) in [7, 11) is 3.01. The molecule has 0 saturated carbocycles. The van der Waals surface area contributed by atoms with Crippen LogP contribution in [0, 0.1) is 11.6 Å². The largest absolute Gasteiger partial charge is 0.493 e. The van der Waals surface area contributed by atoms with Gasteiger partial charge in [-0.3, -0.25) is 9.59 Å². The van der Waals surface area contributed by atoms with Crippen LogP contribution in [0.25, 0.3) is 0 Å². The van der Waals surface area contributed by atoms with Crippen molar-refractivity contribution in [2.45, 2.75) is 12.6 Å². The van der Waals surface area contributed by atoms with Gasteiger partial charge in [0.05, 0.1) is 20.8 Å². The van der Waals surface area contributed by atoms with Crippen LogP contribution in [-0.4, -0.2) is 50.2 Å². The van der Waals surface area contributed by atoms with E-state index in [1.54, 1.807) is 18.2 Å². The Morgan fingerprint density at radius 3 is 2.48 bits per heavy atom. The van der Waals surface area contributed by atoms with Gasteiger partial charge in [-0.05, 0) is 29.8 Å². The third-order valence-corrected chi connectivity index (χ3v) is 4.43. The summed E-state index contributed by atoms with van der Waals surface area (Å²) < 4.78 is 42.4. The van der Waals surface area contributed by atoms with E-state index in [1.807, 2.05) is 0 Å². The van der Waals surface area contributed by atoms with Crippen LogP contribution in [0.15, 0.2) is 36.4 Å². The van der Waals surface area contributed by atoms with Crippen LogP contribution in [0.3, 0.4) is 0 Å². The monoisotopic (exact) mass is 406 g/mol. The fourth-order valence-electron chi connectivity index (χ4n) is 3.05. The topological polar surface area (TPSA) is 77.1 Å². The van der Waals surface area contributed by atoms with Crippen molar-refractivity contribution in [1.82, 2.24) is 4.90 Å². The average Bonchev–Trinajstić information content (AvgIpc) is 2.68. The molecule has 1 aliphatic heterocycles. The third-order valence-electron chi connectivity index (χ3n) is 4.43. The zero-order chi connectivity index (χ0) is 21.0. The second kappa shape index (κ2) is 8.87. The third kappa shape index (κ3) is 4.80. The molecule has 1 fully saturated rings. The molecule has 29 heavy (non-hydrogen) atoms. The highest BCUT2D eigenvalue weighted by Gasteiger charge is 2.34. The smallest absolute Gasteiger partial charge is 0.249 e. The van der Waals surface area contributed by atoms with E-state index in [0.29, 0.717) is 23.1 Å². The number of halogens is 2. The van der Waals surface area contributed by atoms with Crippen LogP contribution < -0.4 is 14.8 Å².